The van der Waals surface area contributed by atoms with Gasteiger partial charge < -0.3 is 15.4 Å². The third-order valence-electron chi connectivity index (χ3n) is 2.54. The van der Waals surface area contributed by atoms with Gasteiger partial charge in [-0.3, -0.25) is 4.79 Å². The Labute approximate surface area is 109 Å². The summed E-state index contributed by atoms with van der Waals surface area (Å²) in [5.74, 6) is 0.794. The number of nitrogens with zero attached hydrogens (tertiary/aromatic N) is 1. The molecule has 0 aliphatic rings. The number of rotatable bonds is 6. The molecule has 0 spiro atoms. The Kier molecular flexibility index (Phi) is 5.65. The molecule has 0 unspecified atom stereocenters. The molecule has 0 aromatic heterocycles. The molecule has 1 aromatic rings. The standard InChI is InChI=1S/C14H22N2O2/c1-4-16(10-9-15)14(17)12-5-7-13(8-6-12)18-11(2)3/h5-8,11H,4,9-10,15H2,1-3H3. The zero-order valence-electron chi connectivity index (χ0n) is 11.3. The van der Waals surface area contributed by atoms with E-state index in [2.05, 4.69) is 0 Å². The number of hydrogen-bond donors (Lipinski definition) is 1. The van der Waals surface area contributed by atoms with Gasteiger partial charge in [-0.25, -0.2) is 0 Å². The Hall–Kier alpha value is -1.55. The Bertz CT molecular complexity index is 374. The fourth-order valence-electron chi connectivity index (χ4n) is 1.69. The van der Waals surface area contributed by atoms with Gasteiger partial charge in [-0.1, -0.05) is 0 Å². The Balaban J connectivity index is 2.74. The zero-order valence-corrected chi connectivity index (χ0v) is 11.3. The summed E-state index contributed by atoms with van der Waals surface area (Å²) in [4.78, 5) is 13.9. The number of carbonyl (C=O) groups is 1. The highest BCUT2D eigenvalue weighted by atomic mass is 16.5. The van der Waals surface area contributed by atoms with E-state index in [1.807, 2.05) is 32.9 Å². The molecule has 1 aromatic carbocycles. The SMILES string of the molecule is CCN(CCN)C(=O)c1ccc(OC(C)C)cc1. The molecule has 4 nitrogen and oxygen atoms in total. The molecule has 0 bridgehead atoms. The number of benzene rings is 1. The van der Waals surface area contributed by atoms with E-state index in [1.165, 1.54) is 0 Å². The van der Waals surface area contributed by atoms with E-state index >= 15 is 0 Å². The minimum Gasteiger partial charge on any atom is -0.491 e. The number of nitrogens with two attached hydrogens (primary N) is 1. The van der Waals surface area contributed by atoms with E-state index in [0.29, 0.717) is 25.2 Å². The van der Waals surface area contributed by atoms with Crippen LogP contribution in [0.4, 0.5) is 0 Å². The van der Waals surface area contributed by atoms with E-state index in [9.17, 15) is 4.79 Å². The zero-order chi connectivity index (χ0) is 13.5. The van der Waals surface area contributed by atoms with Crippen molar-refractivity contribution in [3.63, 3.8) is 0 Å². The highest BCUT2D eigenvalue weighted by Gasteiger charge is 2.13. The van der Waals surface area contributed by atoms with Gasteiger partial charge in [0.15, 0.2) is 0 Å². The summed E-state index contributed by atoms with van der Waals surface area (Å²) in [6.45, 7) is 7.62. The van der Waals surface area contributed by atoms with Gasteiger partial charge in [-0.2, -0.15) is 0 Å². The van der Waals surface area contributed by atoms with Crippen LogP contribution in [0.5, 0.6) is 5.75 Å². The molecule has 0 saturated carbocycles. The smallest absolute Gasteiger partial charge is 0.253 e. The summed E-state index contributed by atoms with van der Waals surface area (Å²) in [6.07, 6.45) is 0.135. The number of ether oxygens (including phenoxy) is 1. The summed E-state index contributed by atoms with van der Waals surface area (Å²) in [7, 11) is 0. The molecule has 0 aliphatic carbocycles. The molecular formula is C14H22N2O2. The van der Waals surface area contributed by atoms with E-state index in [4.69, 9.17) is 10.5 Å². The van der Waals surface area contributed by atoms with Crippen molar-refractivity contribution < 1.29 is 9.53 Å². The van der Waals surface area contributed by atoms with Crippen LogP contribution in [0.25, 0.3) is 0 Å². The Morgan fingerprint density at radius 2 is 1.94 bits per heavy atom. The summed E-state index contributed by atoms with van der Waals surface area (Å²) in [6, 6.07) is 7.23. The van der Waals surface area contributed by atoms with Crippen LogP contribution in [0.15, 0.2) is 24.3 Å². The van der Waals surface area contributed by atoms with Gasteiger partial charge in [0.2, 0.25) is 0 Å². The normalized spacial score (nSPS) is 10.5. The number of carbonyl (C=O) groups excluding carboxylic acids is 1. The lowest BCUT2D eigenvalue weighted by Gasteiger charge is -2.20. The van der Waals surface area contributed by atoms with E-state index < -0.39 is 0 Å². The minimum absolute atomic E-state index is 0.0130. The van der Waals surface area contributed by atoms with Crippen molar-refractivity contribution in [3.8, 4) is 5.75 Å². The van der Waals surface area contributed by atoms with Crippen molar-refractivity contribution in [2.75, 3.05) is 19.6 Å². The molecule has 0 saturated heterocycles. The van der Waals surface area contributed by atoms with Gasteiger partial charge in [0, 0.05) is 25.2 Å². The summed E-state index contributed by atoms with van der Waals surface area (Å²) >= 11 is 0. The first-order valence-corrected chi connectivity index (χ1v) is 6.34. The fourth-order valence-corrected chi connectivity index (χ4v) is 1.69. The van der Waals surface area contributed by atoms with Crippen molar-refractivity contribution in [2.24, 2.45) is 5.73 Å². The first-order chi connectivity index (χ1) is 8.58. The monoisotopic (exact) mass is 250 g/mol. The predicted molar refractivity (Wildman–Crippen MR) is 72.8 cm³/mol. The first-order valence-electron chi connectivity index (χ1n) is 6.34. The second kappa shape index (κ2) is 7.01. The second-order valence-electron chi connectivity index (χ2n) is 4.36. The number of likely N-dealkylation sites (N-methyl/N-ethyl adjacent to an activating group) is 1. The highest BCUT2D eigenvalue weighted by Crippen LogP contribution is 2.15. The molecule has 1 rings (SSSR count). The van der Waals surface area contributed by atoms with E-state index in [0.717, 1.165) is 5.75 Å². The van der Waals surface area contributed by atoms with Crippen LogP contribution in [0, 0.1) is 0 Å². The first kappa shape index (κ1) is 14.5. The lowest BCUT2D eigenvalue weighted by Crippen LogP contribution is -2.35. The summed E-state index contributed by atoms with van der Waals surface area (Å²) in [5.41, 5.74) is 6.15. The molecular weight excluding hydrogens is 228 g/mol. The predicted octanol–water partition coefficient (Wildman–Crippen LogP) is 1.89. The average molecular weight is 250 g/mol. The van der Waals surface area contributed by atoms with Gasteiger partial charge in [0.1, 0.15) is 5.75 Å². The molecule has 0 atom stereocenters. The molecule has 100 valence electrons. The van der Waals surface area contributed by atoms with Gasteiger partial charge in [0.25, 0.3) is 5.91 Å². The maximum absolute atomic E-state index is 12.1. The molecule has 0 fully saturated rings. The molecule has 1 amide bonds. The van der Waals surface area contributed by atoms with Crippen LogP contribution in [0.3, 0.4) is 0 Å². The Morgan fingerprint density at radius 3 is 2.39 bits per heavy atom. The lowest BCUT2D eigenvalue weighted by atomic mass is 10.2. The summed E-state index contributed by atoms with van der Waals surface area (Å²) in [5, 5.41) is 0. The lowest BCUT2D eigenvalue weighted by molar-refractivity contribution is 0.0769. The van der Waals surface area contributed by atoms with E-state index in [-0.39, 0.29) is 12.0 Å². The van der Waals surface area contributed by atoms with Crippen molar-refractivity contribution in [3.05, 3.63) is 29.8 Å². The Morgan fingerprint density at radius 1 is 1.33 bits per heavy atom. The average Bonchev–Trinajstić information content (AvgIpc) is 2.35. The highest BCUT2D eigenvalue weighted by molar-refractivity contribution is 5.94. The van der Waals surface area contributed by atoms with Crippen molar-refractivity contribution in [2.45, 2.75) is 26.9 Å². The maximum atomic E-state index is 12.1. The largest absolute Gasteiger partial charge is 0.491 e. The third kappa shape index (κ3) is 4.04. The van der Waals surface area contributed by atoms with Crippen LogP contribution in [0.2, 0.25) is 0 Å². The van der Waals surface area contributed by atoms with Gasteiger partial charge in [-0.15, -0.1) is 0 Å². The number of hydrogen-bond acceptors (Lipinski definition) is 3. The minimum atomic E-state index is 0.0130. The quantitative estimate of drug-likeness (QED) is 0.839. The van der Waals surface area contributed by atoms with Gasteiger partial charge >= 0.3 is 0 Å². The summed E-state index contributed by atoms with van der Waals surface area (Å²) < 4.78 is 5.54. The molecule has 2 N–H and O–H groups in total. The van der Waals surface area contributed by atoms with E-state index in [1.54, 1.807) is 17.0 Å². The molecule has 4 heteroatoms. The molecule has 0 radical (unpaired) electrons. The van der Waals surface area contributed by atoms with Crippen molar-refractivity contribution in [1.29, 1.82) is 0 Å². The molecule has 18 heavy (non-hydrogen) atoms. The van der Waals surface area contributed by atoms with Crippen molar-refractivity contribution in [1.82, 2.24) is 4.90 Å². The second-order valence-corrected chi connectivity index (χ2v) is 4.36. The maximum Gasteiger partial charge on any atom is 0.253 e. The van der Waals surface area contributed by atoms with Crippen molar-refractivity contribution >= 4 is 5.91 Å². The van der Waals surface area contributed by atoms with Crippen LogP contribution < -0.4 is 10.5 Å². The molecule has 0 aliphatic heterocycles. The molecule has 0 heterocycles. The third-order valence-corrected chi connectivity index (χ3v) is 2.54. The van der Waals surface area contributed by atoms with Gasteiger partial charge in [-0.05, 0) is 45.0 Å². The topological polar surface area (TPSA) is 55.6 Å². The van der Waals surface area contributed by atoms with Crippen LogP contribution in [0.1, 0.15) is 31.1 Å². The van der Waals surface area contributed by atoms with Gasteiger partial charge in [0.05, 0.1) is 6.10 Å². The van der Waals surface area contributed by atoms with Crippen LogP contribution in [-0.2, 0) is 0 Å². The van der Waals surface area contributed by atoms with Crippen LogP contribution >= 0.6 is 0 Å². The fraction of sp³-hybridized carbons (Fsp3) is 0.500. The number of amides is 1. The van der Waals surface area contributed by atoms with Crippen LogP contribution in [-0.4, -0.2) is 36.5 Å².